The lowest BCUT2D eigenvalue weighted by Gasteiger charge is -2.35. The lowest BCUT2D eigenvalue weighted by molar-refractivity contribution is -0.384. The van der Waals surface area contributed by atoms with Crippen LogP contribution in [0.15, 0.2) is 60.8 Å². The summed E-state index contributed by atoms with van der Waals surface area (Å²) in [6.45, 7) is 1.96. The summed E-state index contributed by atoms with van der Waals surface area (Å²) in [5.41, 5.74) is 1.72. The lowest BCUT2D eigenvalue weighted by Crippen LogP contribution is -2.49. The van der Waals surface area contributed by atoms with E-state index in [2.05, 4.69) is 10.2 Å². The molecule has 0 saturated carbocycles. The number of hydrogen-bond acceptors (Lipinski definition) is 6. The predicted octanol–water partition coefficient (Wildman–Crippen LogP) is 2.14. The second-order valence-electron chi connectivity index (χ2n) is 6.38. The van der Waals surface area contributed by atoms with Gasteiger partial charge in [0.05, 0.1) is 16.8 Å². The largest absolute Gasteiger partial charge is 0.362 e. The van der Waals surface area contributed by atoms with Crippen molar-refractivity contribution >= 4 is 17.3 Å². The molecule has 0 bridgehead atoms. The number of benzene rings is 2. The Balaban J connectivity index is 1.44. The minimum absolute atomic E-state index is 0.0769. The van der Waals surface area contributed by atoms with Crippen LogP contribution >= 0.6 is 0 Å². The van der Waals surface area contributed by atoms with Crippen molar-refractivity contribution in [1.29, 1.82) is 0 Å². The fourth-order valence-electron chi connectivity index (χ4n) is 3.25. The lowest BCUT2D eigenvalue weighted by atomic mass is 10.2. The summed E-state index contributed by atoms with van der Waals surface area (Å²) in [5.74, 6) is -0.190. The van der Waals surface area contributed by atoms with Gasteiger partial charge in [-0.3, -0.25) is 14.9 Å². The molecule has 28 heavy (non-hydrogen) atoms. The number of amides is 1. The zero-order valence-corrected chi connectivity index (χ0v) is 15.0. The van der Waals surface area contributed by atoms with Gasteiger partial charge in [0.2, 0.25) is 0 Å². The number of nitrogens with zero attached hydrogens (tertiary/aromatic N) is 6. The molecule has 1 fully saturated rings. The van der Waals surface area contributed by atoms with E-state index in [9.17, 15) is 14.9 Å². The molecule has 4 rings (SSSR count). The molecule has 2 heterocycles. The number of carbonyl (C=O) groups excluding carboxylic acids is 1. The molecule has 1 aliphatic rings. The van der Waals surface area contributed by atoms with Gasteiger partial charge in [-0.15, -0.1) is 5.10 Å². The second kappa shape index (κ2) is 7.47. The van der Waals surface area contributed by atoms with Crippen molar-refractivity contribution < 1.29 is 9.72 Å². The van der Waals surface area contributed by atoms with Crippen molar-refractivity contribution in [1.82, 2.24) is 19.9 Å². The number of nitro groups is 1. The van der Waals surface area contributed by atoms with Gasteiger partial charge in [0.25, 0.3) is 11.6 Å². The van der Waals surface area contributed by atoms with Gasteiger partial charge < -0.3 is 9.80 Å². The van der Waals surface area contributed by atoms with Gasteiger partial charge in [-0.1, -0.05) is 30.3 Å². The van der Waals surface area contributed by atoms with Gasteiger partial charge in [0.1, 0.15) is 5.69 Å². The van der Waals surface area contributed by atoms with E-state index in [1.54, 1.807) is 23.1 Å². The van der Waals surface area contributed by atoms with E-state index in [1.165, 1.54) is 17.1 Å². The highest BCUT2D eigenvalue weighted by molar-refractivity contribution is 5.92. The highest BCUT2D eigenvalue weighted by Crippen LogP contribution is 2.28. The molecule has 0 unspecified atom stereocenters. The van der Waals surface area contributed by atoms with Gasteiger partial charge in [0, 0.05) is 32.2 Å². The molecule has 9 heteroatoms. The number of nitro benzene ring substituents is 1. The Bertz CT molecular complexity index is 996. The van der Waals surface area contributed by atoms with Gasteiger partial charge in [-0.25, -0.2) is 0 Å². The van der Waals surface area contributed by atoms with Crippen molar-refractivity contribution in [3.63, 3.8) is 0 Å². The average molecular weight is 378 g/mol. The molecule has 2 aromatic carbocycles. The van der Waals surface area contributed by atoms with Crippen LogP contribution in [0.25, 0.3) is 5.69 Å². The van der Waals surface area contributed by atoms with E-state index in [1.807, 2.05) is 35.2 Å². The van der Waals surface area contributed by atoms with Gasteiger partial charge in [-0.2, -0.15) is 9.90 Å². The monoisotopic (exact) mass is 378 g/mol. The Morgan fingerprint density at radius 3 is 2.36 bits per heavy atom. The number of rotatable bonds is 4. The minimum atomic E-state index is -0.380. The number of para-hydroxylation sites is 3. The van der Waals surface area contributed by atoms with E-state index in [0.29, 0.717) is 31.9 Å². The number of piperazine rings is 1. The van der Waals surface area contributed by atoms with Crippen molar-refractivity contribution in [2.75, 3.05) is 31.1 Å². The van der Waals surface area contributed by atoms with Gasteiger partial charge in [0.15, 0.2) is 5.69 Å². The number of carbonyl (C=O) groups is 1. The van der Waals surface area contributed by atoms with Crippen molar-refractivity contribution in [2.45, 2.75) is 0 Å². The first-order valence-electron chi connectivity index (χ1n) is 8.89. The van der Waals surface area contributed by atoms with Gasteiger partial charge >= 0.3 is 0 Å². The Kier molecular flexibility index (Phi) is 4.71. The highest BCUT2D eigenvalue weighted by Gasteiger charge is 2.27. The van der Waals surface area contributed by atoms with Gasteiger partial charge in [-0.05, 0) is 18.2 Å². The van der Waals surface area contributed by atoms with E-state index in [-0.39, 0.29) is 22.2 Å². The molecular weight excluding hydrogens is 360 g/mol. The zero-order valence-electron chi connectivity index (χ0n) is 15.0. The maximum absolute atomic E-state index is 12.7. The summed E-state index contributed by atoms with van der Waals surface area (Å²) in [4.78, 5) is 28.7. The van der Waals surface area contributed by atoms with E-state index in [0.717, 1.165) is 5.69 Å². The second-order valence-corrected chi connectivity index (χ2v) is 6.38. The third-order valence-electron chi connectivity index (χ3n) is 4.68. The molecule has 1 amide bonds. The standard InChI is InChI=1S/C19H18N6O3/c26-19(16-14-20-24(21-16)15-6-2-1-3-7-15)23-12-10-22(11-13-23)17-8-4-5-9-18(17)25(27)28/h1-9,14H,10-13H2. The fourth-order valence-corrected chi connectivity index (χ4v) is 3.25. The molecule has 0 aliphatic carbocycles. The molecule has 0 atom stereocenters. The van der Waals surface area contributed by atoms with Crippen LogP contribution in [0.4, 0.5) is 11.4 Å². The number of hydrogen-bond donors (Lipinski definition) is 0. The third kappa shape index (κ3) is 3.41. The SMILES string of the molecule is O=C(c1cnn(-c2ccccc2)n1)N1CCN(c2ccccc2[N+](=O)[O-])CC1. The van der Waals surface area contributed by atoms with Crippen LogP contribution < -0.4 is 4.90 Å². The maximum atomic E-state index is 12.7. The Morgan fingerprint density at radius 1 is 0.964 bits per heavy atom. The summed E-state index contributed by atoms with van der Waals surface area (Å²) >= 11 is 0. The molecule has 0 spiro atoms. The van der Waals surface area contributed by atoms with Crippen LogP contribution in [0.3, 0.4) is 0 Å². The fraction of sp³-hybridized carbons (Fsp3) is 0.211. The molecular formula is C19H18N6O3. The van der Waals surface area contributed by atoms with E-state index >= 15 is 0 Å². The highest BCUT2D eigenvalue weighted by atomic mass is 16.6. The summed E-state index contributed by atoms with van der Waals surface area (Å²) in [6.07, 6.45) is 1.46. The van der Waals surface area contributed by atoms with Crippen molar-refractivity contribution in [3.05, 3.63) is 76.6 Å². The molecule has 3 aromatic rings. The van der Waals surface area contributed by atoms with Crippen LogP contribution in [0, 0.1) is 10.1 Å². The minimum Gasteiger partial charge on any atom is -0.362 e. The van der Waals surface area contributed by atoms with E-state index in [4.69, 9.17) is 0 Å². The Labute approximate surface area is 160 Å². The predicted molar refractivity (Wildman–Crippen MR) is 103 cm³/mol. The normalized spacial score (nSPS) is 14.1. The summed E-state index contributed by atoms with van der Waals surface area (Å²) in [5, 5.41) is 19.7. The number of aromatic nitrogens is 3. The third-order valence-corrected chi connectivity index (χ3v) is 4.68. The van der Waals surface area contributed by atoms with Crippen LogP contribution in [0.1, 0.15) is 10.5 Å². The summed E-state index contributed by atoms with van der Waals surface area (Å²) in [7, 11) is 0. The van der Waals surface area contributed by atoms with Crippen LogP contribution in [-0.4, -0.2) is 56.9 Å². The first-order chi connectivity index (χ1) is 13.6. The van der Waals surface area contributed by atoms with Crippen LogP contribution in [-0.2, 0) is 0 Å². The molecule has 142 valence electrons. The molecule has 0 radical (unpaired) electrons. The van der Waals surface area contributed by atoms with Crippen molar-refractivity contribution in [2.24, 2.45) is 0 Å². The van der Waals surface area contributed by atoms with Crippen LogP contribution in [0.5, 0.6) is 0 Å². The maximum Gasteiger partial charge on any atom is 0.292 e. The molecule has 1 aromatic heterocycles. The van der Waals surface area contributed by atoms with E-state index < -0.39 is 0 Å². The first-order valence-corrected chi connectivity index (χ1v) is 8.89. The quantitative estimate of drug-likeness (QED) is 0.510. The Morgan fingerprint density at radius 2 is 1.64 bits per heavy atom. The smallest absolute Gasteiger partial charge is 0.292 e. The van der Waals surface area contributed by atoms with Crippen LogP contribution in [0.2, 0.25) is 0 Å². The number of anilines is 1. The summed E-state index contributed by atoms with van der Waals surface area (Å²) in [6, 6.07) is 16.0. The topological polar surface area (TPSA) is 97.4 Å². The van der Waals surface area contributed by atoms with Crippen molar-refractivity contribution in [3.8, 4) is 5.69 Å². The zero-order chi connectivity index (χ0) is 19.5. The molecule has 1 aliphatic heterocycles. The molecule has 0 N–H and O–H groups in total. The average Bonchev–Trinajstić information content (AvgIpc) is 3.24. The summed E-state index contributed by atoms with van der Waals surface area (Å²) < 4.78 is 0. The molecule has 1 saturated heterocycles. The Hall–Kier alpha value is -3.75. The molecule has 9 nitrogen and oxygen atoms in total. The first kappa shape index (κ1) is 17.7.